The van der Waals surface area contributed by atoms with E-state index in [1.165, 1.54) is 18.6 Å². The fourth-order valence-corrected chi connectivity index (χ4v) is 5.63. The van der Waals surface area contributed by atoms with Gasteiger partial charge in [-0.1, -0.05) is 19.8 Å². The molecule has 1 saturated carbocycles. The van der Waals surface area contributed by atoms with Crippen molar-refractivity contribution < 1.29 is 17.9 Å². The fourth-order valence-electron chi connectivity index (χ4n) is 2.90. The van der Waals surface area contributed by atoms with E-state index in [1.54, 1.807) is 0 Å². The van der Waals surface area contributed by atoms with Gasteiger partial charge in [0.1, 0.15) is 4.88 Å². The number of carbonyl (C=O) groups excluding carboxylic acids is 1. The topological polar surface area (TPSA) is 98.5 Å². The third-order valence-corrected chi connectivity index (χ3v) is 7.02. The molecule has 0 saturated heterocycles. The van der Waals surface area contributed by atoms with Crippen LogP contribution < -0.4 is 10.5 Å². The molecule has 3 N–H and O–H groups in total. The Hall–Kier alpha value is -0.960. The Morgan fingerprint density at radius 1 is 1.55 bits per heavy atom. The number of esters is 1. The molecule has 0 aliphatic heterocycles. The van der Waals surface area contributed by atoms with Crippen molar-refractivity contribution in [3.05, 3.63) is 16.3 Å². The maximum atomic E-state index is 12.6. The molecule has 1 aromatic rings. The fraction of sp³-hybridized carbons (Fsp3) is 0.643. The molecule has 1 aliphatic rings. The maximum Gasteiger partial charge on any atom is 0.348 e. The SMILES string of the molecule is COC(=O)c1cc(S(=O)(=O)NC2(CN)CCCCC2C)cs1. The average molecular weight is 346 g/mol. The van der Waals surface area contributed by atoms with Crippen molar-refractivity contribution in [3.8, 4) is 0 Å². The van der Waals surface area contributed by atoms with Crippen molar-refractivity contribution >= 4 is 27.3 Å². The van der Waals surface area contributed by atoms with Gasteiger partial charge >= 0.3 is 5.97 Å². The lowest BCUT2D eigenvalue weighted by molar-refractivity contribution is 0.0606. The Kier molecular flexibility index (Phi) is 5.26. The molecule has 0 aromatic carbocycles. The molecule has 22 heavy (non-hydrogen) atoms. The van der Waals surface area contributed by atoms with E-state index in [9.17, 15) is 13.2 Å². The van der Waals surface area contributed by atoms with Crippen LogP contribution in [0.3, 0.4) is 0 Å². The lowest BCUT2D eigenvalue weighted by Crippen LogP contribution is -2.58. The predicted molar refractivity (Wildman–Crippen MR) is 85.4 cm³/mol. The highest BCUT2D eigenvalue weighted by Crippen LogP contribution is 2.34. The van der Waals surface area contributed by atoms with Gasteiger partial charge in [0.25, 0.3) is 0 Å². The number of methoxy groups -OCH3 is 1. The van der Waals surface area contributed by atoms with Gasteiger partial charge in [0.15, 0.2) is 0 Å². The maximum absolute atomic E-state index is 12.6. The van der Waals surface area contributed by atoms with Gasteiger partial charge in [0.05, 0.1) is 12.0 Å². The number of sulfonamides is 1. The van der Waals surface area contributed by atoms with Gasteiger partial charge in [0, 0.05) is 17.5 Å². The Morgan fingerprint density at radius 2 is 2.27 bits per heavy atom. The van der Waals surface area contributed by atoms with Crippen molar-refractivity contribution in [3.63, 3.8) is 0 Å². The van der Waals surface area contributed by atoms with Crippen molar-refractivity contribution in [1.82, 2.24) is 4.72 Å². The summed E-state index contributed by atoms with van der Waals surface area (Å²) < 4.78 is 32.6. The summed E-state index contributed by atoms with van der Waals surface area (Å²) in [7, 11) is -2.45. The highest BCUT2D eigenvalue weighted by Gasteiger charge is 2.40. The number of nitrogens with two attached hydrogens (primary N) is 1. The van der Waals surface area contributed by atoms with Gasteiger partial charge in [-0.2, -0.15) is 0 Å². The van der Waals surface area contributed by atoms with Gasteiger partial charge in [-0.3, -0.25) is 0 Å². The van der Waals surface area contributed by atoms with Crippen LogP contribution in [0.1, 0.15) is 42.3 Å². The normalized spacial score (nSPS) is 25.9. The third-order valence-electron chi connectivity index (χ3n) is 4.43. The highest BCUT2D eigenvalue weighted by molar-refractivity contribution is 7.89. The summed E-state index contributed by atoms with van der Waals surface area (Å²) in [6, 6.07) is 1.34. The number of nitrogens with one attached hydrogen (secondary N) is 1. The molecule has 1 aromatic heterocycles. The standard InChI is InChI=1S/C14H22N2O4S2/c1-10-5-3-4-6-14(10,9-15)16-22(18,19)11-7-12(21-8-11)13(17)20-2/h7-8,10,16H,3-6,9,15H2,1-2H3. The predicted octanol–water partition coefficient (Wildman–Crippen LogP) is 1.72. The molecule has 0 spiro atoms. The third kappa shape index (κ3) is 3.34. The molecule has 2 atom stereocenters. The molecule has 0 radical (unpaired) electrons. The number of hydrogen-bond donors (Lipinski definition) is 2. The van der Waals surface area contributed by atoms with E-state index >= 15 is 0 Å². The molecular formula is C14H22N2O4S2. The summed E-state index contributed by atoms with van der Waals surface area (Å²) in [4.78, 5) is 11.8. The molecule has 8 heteroatoms. The van der Waals surface area contributed by atoms with Crippen molar-refractivity contribution in [2.24, 2.45) is 11.7 Å². The van der Waals surface area contributed by atoms with E-state index in [1.807, 2.05) is 6.92 Å². The summed E-state index contributed by atoms with van der Waals surface area (Å²) in [5.41, 5.74) is 5.28. The first kappa shape index (κ1) is 17.4. The van der Waals surface area contributed by atoms with Gasteiger partial charge in [-0.25, -0.2) is 17.9 Å². The molecule has 1 aliphatic carbocycles. The van der Waals surface area contributed by atoms with Crippen molar-refractivity contribution in [2.75, 3.05) is 13.7 Å². The second-order valence-electron chi connectivity index (χ2n) is 5.75. The average Bonchev–Trinajstić information content (AvgIpc) is 2.99. The van der Waals surface area contributed by atoms with E-state index in [2.05, 4.69) is 9.46 Å². The Balaban J connectivity index is 2.26. The van der Waals surface area contributed by atoms with Crippen molar-refractivity contribution in [2.45, 2.75) is 43.0 Å². The molecule has 0 amide bonds. The Labute approximate surface area is 135 Å². The van der Waals surface area contributed by atoms with Crippen LogP contribution in [0.2, 0.25) is 0 Å². The van der Waals surface area contributed by atoms with Crippen LogP contribution in [0.5, 0.6) is 0 Å². The van der Waals surface area contributed by atoms with Crippen LogP contribution in [0.4, 0.5) is 0 Å². The zero-order chi connectivity index (χ0) is 16.4. The molecule has 124 valence electrons. The smallest absolute Gasteiger partial charge is 0.348 e. The van der Waals surface area contributed by atoms with E-state index in [0.717, 1.165) is 37.0 Å². The minimum atomic E-state index is -3.71. The molecular weight excluding hydrogens is 324 g/mol. The number of thiophene rings is 1. The van der Waals surface area contributed by atoms with E-state index in [0.29, 0.717) is 0 Å². The van der Waals surface area contributed by atoms with Gasteiger partial charge < -0.3 is 10.5 Å². The van der Waals surface area contributed by atoms with Crippen LogP contribution >= 0.6 is 11.3 Å². The summed E-state index contributed by atoms with van der Waals surface area (Å²) in [5, 5.41) is 1.45. The summed E-state index contributed by atoms with van der Waals surface area (Å²) in [6.07, 6.45) is 3.74. The zero-order valence-corrected chi connectivity index (χ0v) is 14.4. The Bertz CT molecular complexity index is 641. The van der Waals surface area contributed by atoms with Crippen LogP contribution in [0.25, 0.3) is 0 Å². The molecule has 0 bridgehead atoms. The molecule has 1 fully saturated rings. The van der Waals surface area contributed by atoms with Gasteiger partial charge in [-0.05, 0) is 24.8 Å². The first-order chi connectivity index (χ1) is 10.3. The lowest BCUT2D eigenvalue weighted by Gasteiger charge is -2.42. The summed E-state index contributed by atoms with van der Waals surface area (Å²) in [5.74, 6) is -0.356. The first-order valence-electron chi connectivity index (χ1n) is 7.25. The summed E-state index contributed by atoms with van der Waals surface area (Å²) in [6.45, 7) is 2.30. The van der Waals surface area contributed by atoms with Crippen LogP contribution in [0.15, 0.2) is 16.3 Å². The highest BCUT2D eigenvalue weighted by atomic mass is 32.2. The quantitative estimate of drug-likeness (QED) is 0.791. The first-order valence-corrected chi connectivity index (χ1v) is 9.62. The van der Waals surface area contributed by atoms with E-state index in [-0.39, 0.29) is 22.2 Å². The van der Waals surface area contributed by atoms with Crippen LogP contribution in [0, 0.1) is 5.92 Å². The minimum absolute atomic E-state index is 0.0866. The Morgan fingerprint density at radius 3 is 2.86 bits per heavy atom. The van der Waals surface area contributed by atoms with Crippen molar-refractivity contribution in [1.29, 1.82) is 0 Å². The zero-order valence-electron chi connectivity index (χ0n) is 12.8. The monoisotopic (exact) mass is 346 g/mol. The largest absolute Gasteiger partial charge is 0.465 e. The summed E-state index contributed by atoms with van der Waals surface area (Å²) >= 11 is 1.05. The van der Waals surface area contributed by atoms with E-state index < -0.39 is 21.5 Å². The number of carbonyl (C=O) groups is 1. The van der Waals surface area contributed by atoms with Crippen LogP contribution in [-0.2, 0) is 14.8 Å². The van der Waals surface area contributed by atoms with Crippen LogP contribution in [-0.4, -0.2) is 33.6 Å². The van der Waals surface area contributed by atoms with Gasteiger partial charge in [-0.15, -0.1) is 11.3 Å². The number of ether oxygens (including phenoxy) is 1. The van der Waals surface area contributed by atoms with E-state index in [4.69, 9.17) is 5.73 Å². The second kappa shape index (κ2) is 6.66. The van der Waals surface area contributed by atoms with Gasteiger partial charge in [0.2, 0.25) is 10.0 Å². The minimum Gasteiger partial charge on any atom is -0.465 e. The molecule has 2 rings (SSSR count). The number of rotatable bonds is 5. The number of hydrogen-bond acceptors (Lipinski definition) is 6. The lowest BCUT2D eigenvalue weighted by atomic mass is 9.74. The molecule has 1 heterocycles. The molecule has 6 nitrogen and oxygen atoms in total. The second-order valence-corrected chi connectivity index (χ2v) is 8.34. The molecule has 2 unspecified atom stereocenters.